The second-order valence-corrected chi connectivity index (χ2v) is 7.14. The fourth-order valence-corrected chi connectivity index (χ4v) is 3.77. The molecule has 0 bridgehead atoms. The Balaban J connectivity index is 1.50. The van der Waals surface area contributed by atoms with Crippen LogP contribution in [0.4, 0.5) is 17.1 Å². The largest absolute Gasteiger partial charge is 0.461 e. The van der Waals surface area contributed by atoms with Crippen molar-refractivity contribution in [2.45, 2.75) is 32.2 Å². The first-order valence-corrected chi connectivity index (χ1v) is 9.37. The molecule has 4 rings (SSSR count). The Morgan fingerprint density at radius 2 is 2.11 bits per heavy atom. The third-order valence-corrected chi connectivity index (χ3v) is 5.28. The first kappa shape index (κ1) is 17.5. The Labute approximate surface area is 157 Å². The molecule has 6 nitrogen and oxygen atoms in total. The van der Waals surface area contributed by atoms with Gasteiger partial charge in [0, 0.05) is 36.1 Å². The van der Waals surface area contributed by atoms with Crippen molar-refractivity contribution in [3.63, 3.8) is 0 Å². The number of furan rings is 1. The lowest BCUT2D eigenvalue weighted by molar-refractivity contribution is -0.383. The fourth-order valence-electron chi connectivity index (χ4n) is 3.77. The minimum Gasteiger partial charge on any atom is -0.461 e. The number of para-hydroxylation sites is 2. The maximum Gasteiger partial charge on any atom is 0.292 e. The summed E-state index contributed by atoms with van der Waals surface area (Å²) in [6.07, 6.45) is 3.45. The van der Waals surface area contributed by atoms with Gasteiger partial charge in [-0.25, -0.2) is 0 Å². The van der Waals surface area contributed by atoms with Crippen LogP contribution in [0, 0.1) is 10.1 Å². The van der Waals surface area contributed by atoms with E-state index in [2.05, 4.69) is 23.2 Å². The van der Waals surface area contributed by atoms with E-state index in [0.29, 0.717) is 11.7 Å². The van der Waals surface area contributed by atoms with Gasteiger partial charge in [-0.3, -0.25) is 10.1 Å². The molecule has 1 fully saturated rings. The number of nitro benzene ring substituents is 1. The number of nitrogens with one attached hydrogen (secondary N) is 1. The van der Waals surface area contributed by atoms with E-state index < -0.39 is 0 Å². The molecule has 3 aromatic rings. The standard InChI is InChI=1S/C21H23N3O3/c1-15-5-4-11-23(15)12-10-18-14-16-13-17(8-9-21(16)27-18)22-19-6-2-3-7-20(19)24(25)26/h2-3,6-9,13-15,22H,4-5,10-12H2,1H3/t15-/m1/s1. The normalized spacial score (nSPS) is 17.4. The van der Waals surface area contributed by atoms with Gasteiger partial charge < -0.3 is 14.6 Å². The molecular formula is C21H23N3O3. The molecule has 1 saturated heterocycles. The molecule has 2 heterocycles. The quantitative estimate of drug-likeness (QED) is 0.485. The molecule has 6 heteroatoms. The number of benzene rings is 2. The maximum absolute atomic E-state index is 11.2. The van der Waals surface area contributed by atoms with Crippen molar-refractivity contribution in [3.8, 4) is 0 Å². The molecule has 140 valence electrons. The molecule has 1 atom stereocenters. The summed E-state index contributed by atoms with van der Waals surface area (Å²) < 4.78 is 5.97. The van der Waals surface area contributed by atoms with E-state index in [-0.39, 0.29) is 10.6 Å². The molecule has 0 radical (unpaired) electrons. The van der Waals surface area contributed by atoms with E-state index in [4.69, 9.17) is 4.42 Å². The van der Waals surface area contributed by atoms with Gasteiger partial charge in [0.05, 0.1) is 4.92 Å². The van der Waals surface area contributed by atoms with Gasteiger partial charge in [0.15, 0.2) is 0 Å². The first-order valence-electron chi connectivity index (χ1n) is 9.37. The lowest BCUT2D eigenvalue weighted by Gasteiger charge is -2.19. The summed E-state index contributed by atoms with van der Waals surface area (Å²) in [6.45, 7) is 4.47. The van der Waals surface area contributed by atoms with E-state index in [1.165, 1.54) is 25.5 Å². The van der Waals surface area contributed by atoms with Crippen molar-refractivity contribution in [2.75, 3.05) is 18.4 Å². The van der Waals surface area contributed by atoms with Gasteiger partial charge in [-0.05, 0) is 56.6 Å². The van der Waals surface area contributed by atoms with Gasteiger partial charge in [-0.2, -0.15) is 0 Å². The zero-order chi connectivity index (χ0) is 18.8. The molecule has 0 spiro atoms. The molecule has 0 aliphatic carbocycles. The van der Waals surface area contributed by atoms with Crippen LogP contribution in [-0.4, -0.2) is 29.0 Å². The van der Waals surface area contributed by atoms with Gasteiger partial charge in [-0.1, -0.05) is 12.1 Å². The van der Waals surface area contributed by atoms with Gasteiger partial charge in [0.2, 0.25) is 0 Å². The minimum atomic E-state index is -0.379. The zero-order valence-electron chi connectivity index (χ0n) is 15.4. The summed E-state index contributed by atoms with van der Waals surface area (Å²) in [5.74, 6) is 0.979. The molecule has 27 heavy (non-hydrogen) atoms. The summed E-state index contributed by atoms with van der Waals surface area (Å²) in [5, 5.41) is 15.3. The van der Waals surface area contributed by atoms with E-state index in [0.717, 1.165) is 35.4 Å². The number of hydrogen-bond acceptors (Lipinski definition) is 5. The van der Waals surface area contributed by atoms with Crippen LogP contribution in [-0.2, 0) is 6.42 Å². The Bertz CT molecular complexity index is 966. The molecule has 1 aliphatic rings. The molecule has 0 unspecified atom stereocenters. The smallest absolute Gasteiger partial charge is 0.292 e. The van der Waals surface area contributed by atoms with Gasteiger partial charge in [0.1, 0.15) is 17.0 Å². The number of likely N-dealkylation sites (tertiary alicyclic amines) is 1. The van der Waals surface area contributed by atoms with E-state index in [1.807, 2.05) is 18.2 Å². The van der Waals surface area contributed by atoms with Crippen molar-refractivity contribution >= 4 is 28.0 Å². The monoisotopic (exact) mass is 365 g/mol. The van der Waals surface area contributed by atoms with Gasteiger partial charge >= 0.3 is 0 Å². The van der Waals surface area contributed by atoms with E-state index in [9.17, 15) is 10.1 Å². The van der Waals surface area contributed by atoms with Crippen molar-refractivity contribution in [3.05, 3.63) is 64.4 Å². The predicted octanol–water partition coefficient (Wildman–Crippen LogP) is 5.11. The number of rotatable bonds is 6. The number of anilines is 2. The van der Waals surface area contributed by atoms with Crippen molar-refractivity contribution in [2.24, 2.45) is 0 Å². The molecular weight excluding hydrogens is 342 g/mol. The van der Waals surface area contributed by atoms with Crippen LogP contribution in [0.1, 0.15) is 25.5 Å². The maximum atomic E-state index is 11.2. The van der Waals surface area contributed by atoms with E-state index >= 15 is 0 Å². The highest BCUT2D eigenvalue weighted by molar-refractivity contribution is 5.83. The Morgan fingerprint density at radius 3 is 2.89 bits per heavy atom. The second kappa shape index (κ2) is 7.40. The number of nitrogens with zero attached hydrogens (tertiary/aromatic N) is 2. The Hall–Kier alpha value is -2.86. The lowest BCUT2D eigenvalue weighted by Crippen LogP contribution is -2.28. The second-order valence-electron chi connectivity index (χ2n) is 7.14. The predicted molar refractivity (Wildman–Crippen MR) is 107 cm³/mol. The van der Waals surface area contributed by atoms with Crippen molar-refractivity contribution < 1.29 is 9.34 Å². The van der Waals surface area contributed by atoms with Crippen LogP contribution in [0.15, 0.2) is 52.9 Å². The molecule has 1 N–H and O–H groups in total. The summed E-state index contributed by atoms with van der Waals surface area (Å²) in [5.41, 5.74) is 2.18. The SMILES string of the molecule is C[C@@H]1CCCN1CCc1cc2cc(Nc3ccccc3[N+](=O)[O-])ccc2o1. The van der Waals surface area contributed by atoms with Crippen LogP contribution in [0.25, 0.3) is 11.0 Å². The Kier molecular flexibility index (Phi) is 4.81. The first-order chi connectivity index (χ1) is 13.1. The van der Waals surface area contributed by atoms with Crippen LogP contribution in [0.3, 0.4) is 0 Å². The topological polar surface area (TPSA) is 71.5 Å². The number of hydrogen-bond donors (Lipinski definition) is 1. The highest BCUT2D eigenvalue weighted by atomic mass is 16.6. The van der Waals surface area contributed by atoms with Crippen LogP contribution < -0.4 is 5.32 Å². The van der Waals surface area contributed by atoms with Gasteiger partial charge in [-0.15, -0.1) is 0 Å². The van der Waals surface area contributed by atoms with Crippen LogP contribution in [0.5, 0.6) is 0 Å². The molecule has 1 aromatic heterocycles. The molecule has 0 saturated carbocycles. The molecule has 2 aromatic carbocycles. The third-order valence-electron chi connectivity index (χ3n) is 5.28. The van der Waals surface area contributed by atoms with Crippen molar-refractivity contribution in [1.82, 2.24) is 4.90 Å². The van der Waals surface area contributed by atoms with Crippen molar-refractivity contribution in [1.29, 1.82) is 0 Å². The number of nitro groups is 1. The summed E-state index contributed by atoms with van der Waals surface area (Å²) in [4.78, 5) is 13.3. The minimum absolute atomic E-state index is 0.0604. The molecule has 0 amide bonds. The third kappa shape index (κ3) is 3.80. The average molecular weight is 365 g/mol. The fraction of sp³-hybridized carbons (Fsp3) is 0.333. The van der Waals surface area contributed by atoms with Crippen LogP contribution >= 0.6 is 0 Å². The highest BCUT2D eigenvalue weighted by Crippen LogP contribution is 2.30. The van der Waals surface area contributed by atoms with Crippen LogP contribution in [0.2, 0.25) is 0 Å². The zero-order valence-corrected chi connectivity index (χ0v) is 15.4. The number of fused-ring (bicyclic) bond motifs is 1. The highest BCUT2D eigenvalue weighted by Gasteiger charge is 2.20. The molecule has 1 aliphatic heterocycles. The average Bonchev–Trinajstić information content (AvgIpc) is 3.25. The Morgan fingerprint density at radius 1 is 1.26 bits per heavy atom. The summed E-state index contributed by atoms with van der Waals surface area (Å²) in [6, 6.07) is 15.1. The van der Waals surface area contributed by atoms with E-state index in [1.54, 1.807) is 18.2 Å². The van der Waals surface area contributed by atoms with Gasteiger partial charge in [0.25, 0.3) is 5.69 Å². The summed E-state index contributed by atoms with van der Waals surface area (Å²) in [7, 11) is 0. The summed E-state index contributed by atoms with van der Waals surface area (Å²) >= 11 is 0. The lowest BCUT2D eigenvalue weighted by atomic mass is 10.2.